The lowest BCUT2D eigenvalue weighted by Crippen LogP contribution is -2.30. The van der Waals surface area contributed by atoms with Crippen LogP contribution < -0.4 is 14.8 Å². The number of carbonyl (C=O) groups is 1. The summed E-state index contributed by atoms with van der Waals surface area (Å²) in [4.78, 5) is 18.1. The molecule has 1 unspecified atom stereocenters. The first-order valence-corrected chi connectivity index (χ1v) is 15.0. The van der Waals surface area contributed by atoms with Gasteiger partial charge in [0.1, 0.15) is 12.6 Å². The Morgan fingerprint density at radius 3 is 2.67 bits per heavy atom. The minimum Gasteiger partial charge on any atom is -0.490 e. The predicted molar refractivity (Wildman–Crippen MR) is 158 cm³/mol. The Bertz CT molecular complexity index is 1360. The lowest BCUT2D eigenvalue weighted by molar-refractivity contribution is -0.139. The molecule has 0 radical (unpaired) electrons. The quantitative estimate of drug-likeness (QED) is 0.132. The van der Waals surface area contributed by atoms with Gasteiger partial charge in [0.2, 0.25) is 11.1 Å². The smallest absolute Gasteiger partial charge is 0.338 e. The molecule has 1 aliphatic rings. The number of unbranched alkanes of at least 4 members (excludes halogenated alkanes) is 1. The molecule has 0 saturated carbocycles. The summed E-state index contributed by atoms with van der Waals surface area (Å²) in [5.41, 5.74) is 4.22. The fourth-order valence-corrected chi connectivity index (χ4v) is 5.48. The summed E-state index contributed by atoms with van der Waals surface area (Å²) in [7, 11) is 0. The number of aryl methyl sites for hydroxylation is 1. The van der Waals surface area contributed by atoms with Crippen molar-refractivity contribution in [2.75, 3.05) is 24.3 Å². The number of ether oxygens (including phenoxy) is 3. The van der Waals surface area contributed by atoms with E-state index in [1.165, 1.54) is 0 Å². The molecule has 208 valence electrons. The Morgan fingerprint density at radius 1 is 1.15 bits per heavy atom. The number of benzene rings is 2. The summed E-state index contributed by atoms with van der Waals surface area (Å²) in [6.45, 7) is 11.2. The topological polar surface area (TPSA) is 87.5 Å². The number of nitrogens with one attached hydrogen (secondary N) is 1. The SMILES string of the molecule is CCCCOC(=O)C1=C(C)Nc2nc(SCC)nn2C1c1cc(Br)c(OCc2ccccc2C)c(OCC)c1. The molecule has 3 aromatic rings. The monoisotopic (exact) mass is 614 g/mol. The number of allylic oxidation sites excluding steroid dienone is 1. The van der Waals surface area contributed by atoms with Crippen molar-refractivity contribution in [1.82, 2.24) is 14.8 Å². The molecule has 0 amide bonds. The van der Waals surface area contributed by atoms with E-state index in [1.807, 2.05) is 38.1 Å². The van der Waals surface area contributed by atoms with Crippen molar-refractivity contribution in [3.05, 3.63) is 68.8 Å². The van der Waals surface area contributed by atoms with Crippen LogP contribution in [-0.2, 0) is 16.1 Å². The van der Waals surface area contributed by atoms with Gasteiger partial charge in [0.05, 0.1) is 23.3 Å². The molecule has 0 saturated heterocycles. The first-order chi connectivity index (χ1) is 18.9. The average molecular weight is 616 g/mol. The van der Waals surface area contributed by atoms with Gasteiger partial charge >= 0.3 is 5.97 Å². The van der Waals surface area contributed by atoms with Crippen LogP contribution in [0.1, 0.15) is 63.3 Å². The molecule has 1 atom stereocenters. The Morgan fingerprint density at radius 2 is 1.95 bits per heavy atom. The van der Waals surface area contributed by atoms with Gasteiger partial charge < -0.3 is 19.5 Å². The van der Waals surface area contributed by atoms with E-state index in [-0.39, 0.29) is 5.97 Å². The molecule has 10 heteroatoms. The van der Waals surface area contributed by atoms with Gasteiger partial charge in [-0.25, -0.2) is 9.48 Å². The lowest BCUT2D eigenvalue weighted by atomic mass is 9.95. The van der Waals surface area contributed by atoms with Gasteiger partial charge in [-0.3, -0.25) is 0 Å². The Kier molecular flexibility index (Phi) is 9.96. The van der Waals surface area contributed by atoms with E-state index in [0.717, 1.165) is 39.8 Å². The summed E-state index contributed by atoms with van der Waals surface area (Å²) in [6, 6.07) is 11.4. The fraction of sp³-hybridized carbons (Fsp3) is 0.414. The number of nitrogens with zero attached hydrogens (tertiary/aromatic N) is 3. The molecule has 0 aliphatic carbocycles. The van der Waals surface area contributed by atoms with E-state index in [9.17, 15) is 4.79 Å². The molecule has 8 nitrogen and oxygen atoms in total. The number of carbonyl (C=O) groups excluding carboxylic acids is 1. The van der Waals surface area contributed by atoms with Crippen molar-refractivity contribution in [1.29, 1.82) is 0 Å². The normalized spacial score (nSPS) is 14.6. The number of aromatic nitrogens is 3. The summed E-state index contributed by atoms with van der Waals surface area (Å²) in [5, 5.41) is 8.65. The van der Waals surface area contributed by atoms with E-state index in [4.69, 9.17) is 19.3 Å². The van der Waals surface area contributed by atoms with Crippen molar-refractivity contribution in [2.45, 2.75) is 65.3 Å². The highest BCUT2D eigenvalue weighted by Crippen LogP contribution is 2.43. The molecule has 1 aliphatic heterocycles. The van der Waals surface area contributed by atoms with Crippen LogP contribution in [0.2, 0.25) is 0 Å². The molecular weight excluding hydrogens is 580 g/mol. The molecule has 1 aromatic heterocycles. The summed E-state index contributed by atoms with van der Waals surface area (Å²) < 4.78 is 20.5. The minimum atomic E-state index is -0.560. The Hall–Kier alpha value is -2.98. The van der Waals surface area contributed by atoms with Gasteiger partial charge in [-0.05, 0) is 77.7 Å². The highest BCUT2D eigenvalue weighted by atomic mass is 79.9. The number of hydrogen-bond donors (Lipinski definition) is 1. The highest BCUT2D eigenvalue weighted by molar-refractivity contribution is 9.10. The third kappa shape index (κ3) is 6.61. The van der Waals surface area contributed by atoms with Crippen molar-refractivity contribution < 1.29 is 19.0 Å². The van der Waals surface area contributed by atoms with Gasteiger partial charge in [0.25, 0.3) is 0 Å². The van der Waals surface area contributed by atoms with Crippen molar-refractivity contribution in [3.8, 4) is 11.5 Å². The molecule has 0 fully saturated rings. The Labute approximate surface area is 242 Å². The molecule has 2 aromatic carbocycles. The van der Waals surface area contributed by atoms with Crippen LogP contribution >= 0.6 is 27.7 Å². The second-order valence-electron chi connectivity index (χ2n) is 9.13. The highest BCUT2D eigenvalue weighted by Gasteiger charge is 2.36. The zero-order valence-electron chi connectivity index (χ0n) is 23.0. The molecule has 2 heterocycles. The van der Waals surface area contributed by atoms with Crippen LogP contribution in [0.4, 0.5) is 5.95 Å². The van der Waals surface area contributed by atoms with Gasteiger partial charge in [0, 0.05) is 5.70 Å². The number of thioether (sulfide) groups is 1. The first kappa shape index (κ1) is 29.0. The fourth-order valence-electron chi connectivity index (χ4n) is 4.35. The summed E-state index contributed by atoms with van der Waals surface area (Å²) >= 11 is 5.26. The average Bonchev–Trinajstić information content (AvgIpc) is 3.30. The minimum absolute atomic E-state index is 0.361. The zero-order chi connectivity index (χ0) is 27.9. The molecule has 1 N–H and O–H groups in total. The van der Waals surface area contributed by atoms with Crippen LogP contribution in [0.5, 0.6) is 11.5 Å². The maximum atomic E-state index is 13.4. The van der Waals surface area contributed by atoms with Gasteiger partial charge in [0.15, 0.2) is 11.5 Å². The van der Waals surface area contributed by atoms with E-state index in [1.54, 1.807) is 16.4 Å². The predicted octanol–water partition coefficient (Wildman–Crippen LogP) is 7.07. The maximum Gasteiger partial charge on any atom is 0.338 e. The molecule has 0 spiro atoms. The second-order valence-corrected chi connectivity index (χ2v) is 11.2. The van der Waals surface area contributed by atoms with E-state index in [2.05, 4.69) is 59.1 Å². The standard InChI is InChI=1S/C29H35BrN4O4S/c1-6-9-14-37-27(35)24-19(5)31-28-32-29(39-8-3)33-34(28)25(24)21-15-22(30)26(23(16-21)36-7-2)38-17-20-13-11-10-12-18(20)4/h10-13,15-16,25H,6-9,14,17H2,1-5H3,(H,31,32,33). The van der Waals surface area contributed by atoms with Gasteiger partial charge in [-0.1, -0.05) is 56.3 Å². The van der Waals surface area contributed by atoms with E-state index >= 15 is 0 Å². The van der Waals surface area contributed by atoms with Crippen LogP contribution in [0.15, 0.2) is 57.3 Å². The van der Waals surface area contributed by atoms with Crippen LogP contribution in [-0.4, -0.2) is 39.7 Å². The van der Waals surface area contributed by atoms with Crippen LogP contribution in [0, 0.1) is 6.92 Å². The zero-order valence-corrected chi connectivity index (χ0v) is 25.4. The number of halogens is 1. The number of fused-ring (bicyclic) bond motifs is 1. The van der Waals surface area contributed by atoms with Crippen molar-refractivity contribution >= 4 is 39.6 Å². The third-order valence-electron chi connectivity index (χ3n) is 6.34. The summed E-state index contributed by atoms with van der Waals surface area (Å²) in [6.07, 6.45) is 1.74. The maximum absolute atomic E-state index is 13.4. The molecule has 39 heavy (non-hydrogen) atoms. The van der Waals surface area contributed by atoms with Crippen LogP contribution in [0.25, 0.3) is 0 Å². The number of anilines is 1. The van der Waals surface area contributed by atoms with Gasteiger partial charge in [-0.2, -0.15) is 4.98 Å². The first-order valence-electron chi connectivity index (χ1n) is 13.3. The number of rotatable bonds is 12. The van der Waals surface area contributed by atoms with E-state index < -0.39 is 6.04 Å². The number of hydrogen-bond acceptors (Lipinski definition) is 8. The summed E-state index contributed by atoms with van der Waals surface area (Å²) in [5.74, 6) is 2.21. The lowest BCUT2D eigenvalue weighted by Gasteiger charge is -2.29. The second kappa shape index (κ2) is 13.4. The largest absolute Gasteiger partial charge is 0.490 e. The van der Waals surface area contributed by atoms with Crippen molar-refractivity contribution in [3.63, 3.8) is 0 Å². The molecule has 4 rings (SSSR count). The van der Waals surface area contributed by atoms with Crippen molar-refractivity contribution in [2.24, 2.45) is 0 Å². The van der Waals surface area contributed by atoms with E-state index in [0.29, 0.717) is 53.7 Å². The van der Waals surface area contributed by atoms with Gasteiger partial charge in [-0.15, -0.1) is 5.10 Å². The number of esters is 1. The molecule has 0 bridgehead atoms. The Balaban J connectivity index is 1.77. The molecular formula is C29H35BrN4O4S. The van der Waals surface area contributed by atoms with Crippen LogP contribution in [0.3, 0.4) is 0 Å². The third-order valence-corrected chi connectivity index (χ3v) is 7.65.